The van der Waals surface area contributed by atoms with Crippen LogP contribution in [0.1, 0.15) is 5.69 Å². The average molecular weight is 316 g/mol. The van der Waals surface area contributed by atoms with E-state index in [1.54, 1.807) is 0 Å². The van der Waals surface area contributed by atoms with E-state index >= 15 is 0 Å². The van der Waals surface area contributed by atoms with E-state index in [1.165, 1.54) is 0 Å². The summed E-state index contributed by atoms with van der Waals surface area (Å²) in [7, 11) is 0. The van der Waals surface area contributed by atoms with Gasteiger partial charge in [0.25, 0.3) is 0 Å². The van der Waals surface area contributed by atoms with Gasteiger partial charge in [0, 0.05) is 10.0 Å². The Kier molecular flexibility index (Phi) is 3.49. The van der Waals surface area contributed by atoms with Crippen LogP contribution in [-0.2, 0) is 11.2 Å². The van der Waals surface area contributed by atoms with Gasteiger partial charge in [-0.25, -0.2) is 4.98 Å². The van der Waals surface area contributed by atoms with Crippen molar-refractivity contribution in [2.24, 2.45) is 0 Å². The third-order valence-corrected chi connectivity index (χ3v) is 3.02. The zero-order chi connectivity index (χ0) is 12.4. The summed E-state index contributed by atoms with van der Waals surface area (Å²) in [5.41, 5.74) is 1.27. The smallest absolute Gasteiger partial charge is 0.309 e. The Morgan fingerprint density at radius 2 is 2.06 bits per heavy atom. The first kappa shape index (κ1) is 12.1. The van der Waals surface area contributed by atoms with Crippen LogP contribution in [0.25, 0.3) is 11.4 Å². The molecule has 88 valence electrons. The summed E-state index contributed by atoms with van der Waals surface area (Å²) < 4.78 is 0.963. The number of nitrogens with zero attached hydrogens (tertiary/aromatic N) is 1. The number of nitrogens with one attached hydrogen (secondary N) is 1. The van der Waals surface area contributed by atoms with Gasteiger partial charge in [-0.05, 0) is 12.1 Å². The molecule has 1 aromatic heterocycles. The fourth-order valence-corrected chi connectivity index (χ4v) is 1.86. The lowest BCUT2D eigenvalue weighted by molar-refractivity contribution is -0.136. The highest BCUT2D eigenvalue weighted by Crippen LogP contribution is 2.23. The number of carboxylic acid groups (broad SMARTS) is 1. The average Bonchev–Trinajstić information content (AvgIpc) is 2.60. The van der Waals surface area contributed by atoms with Gasteiger partial charge < -0.3 is 10.1 Å². The number of benzene rings is 1. The van der Waals surface area contributed by atoms with Gasteiger partial charge in [-0.15, -0.1) is 0 Å². The number of aliphatic carboxylic acids is 1. The summed E-state index contributed by atoms with van der Waals surface area (Å²) in [5, 5.41) is 8.89. The van der Waals surface area contributed by atoms with E-state index in [9.17, 15) is 4.79 Å². The van der Waals surface area contributed by atoms with Gasteiger partial charge in [0.05, 0.1) is 12.1 Å². The van der Waals surface area contributed by atoms with Gasteiger partial charge in [0.2, 0.25) is 0 Å². The first-order valence-electron chi connectivity index (χ1n) is 4.78. The Hall–Kier alpha value is -1.33. The molecular formula is C11H8BrClN2O2. The molecule has 0 atom stereocenters. The van der Waals surface area contributed by atoms with Crippen LogP contribution in [0, 0.1) is 0 Å². The maximum Gasteiger partial charge on any atom is 0.309 e. The molecule has 0 aliphatic carbocycles. The second-order valence-corrected chi connectivity index (χ2v) is 4.71. The van der Waals surface area contributed by atoms with Crippen molar-refractivity contribution in [2.45, 2.75) is 6.42 Å². The van der Waals surface area contributed by atoms with Crippen LogP contribution >= 0.6 is 27.5 Å². The molecule has 2 aromatic rings. The molecule has 6 heteroatoms. The standard InChI is InChI=1S/C11H8BrClN2O2/c12-7-3-1-6(2-4-7)11-14-8(5-9(16)17)10(13)15-11/h1-4H,5H2,(H,14,15)(H,16,17). The van der Waals surface area contributed by atoms with Crippen LogP contribution in [0.3, 0.4) is 0 Å². The molecule has 0 aliphatic rings. The predicted molar refractivity (Wildman–Crippen MR) is 68.1 cm³/mol. The normalized spacial score (nSPS) is 10.5. The number of imidazole rings is 1. The first-order chi connectivity index (χ1) is 8.06. The fourth-order valence-electron chi connectivity index (χ4n) is 1.40. The van der Waals surface area contributed by atoms with Crippen molar-refractivity contribution in [3.63, 3.8) is 0 Å². The van der Waals surface area contributed by atoms with Crippen molar-refractivity contribution in [2.75, 3.05) is 0 Å². The quantitative estimate of drug-likeness (QED) is 0.914. The van der Waals surface area contributed by atoms with E-state index in [-0.39, 0.29) is 11.6 Å². The van der Waals surface area contributed by atoms with Crippen molar-refractivity contribution in [3.05, 3.63) is 39.6 Å². The minimum absolute atomic E-state index is 0.164. The van der Waals surface area contributed by atoms with Crippen LogP contribution in [-0.4, -0.2) is 21.0 Å². The lowest BCUT2D eigenvalue weighted by atomic mass is 10.2. The van der Waals surface area contributed by atoms with Crippen LogP contribution < -0.4 is 0 Å². The SMILES string of the molecule is O=C(O)Cc1[nH]c(-c2ccc(Br)cc2)nc1Cl. The zero-order valence-electron chi connectivity index (χ0n) is 8.58. The molecule has 4 nitrogen and oxygen atoms in total. The molecule has 0 spiro atoms. The van der Waals surface area contributed by atoms with Crippen molar-refractivity contribution < 1.29 is 9.90 Å². The fraction of sp³-hybridized carbons (Fsp3) is 0.0909. The summed E-state index contributed by atoms with van der Waals surface area (Å²) in [5.74, 6) is -0.378. The van der Waals surface area contributed by atoms with Gasteiger partial charge in [0.1, 0.15) is 5.82 Å². The van der Waals surface area contributed by atoms with Gasteiger partial charge in [-0.3, -0.25) is 4.79 Å². The predicted octanol–water partition coefficient (Wildman–Crippen LogP) is 3.12. The Bertz CT molecular complexity index is 551. The highest BCUT2D eigenvalue weighted by Gasteiger charge is 2.12. The molecule has 0 amide bonds. The second kappa shape index (κ2) is 4.89. The molecule has 0 saturated heterocycles. The minimum Gasteiger partial charge on any atom is -0.481 e. The molecule has 0 saturated carbocycles. The van der Waals surface area contributed by atoms with Crippen molar-refractivity contribution in [3.8, 4) is 11.4 Å². The summed E-state index contributed by atoms with van der Waals surface area (Å²) in [6.45, 7) is 0. The number of H-pyrrole nitrogens is 1. The molecule has 1 aromatic carbocycles. The molecule has 0 radical (unpaired) electrons. The topological polar surface area (TPSA) is 66.0 Å². The number of aromatic nitrogens is 2. The maximum atomic E-state index is 10.6. The number of rotatable bonds is 3. The van der Waals surface area contributed by atoms with Gasteiger partial charge in [-0.1, -0.05) is 39.7 Å². The summed E-state index contributed by atoms with van der Waals surface area (Å²) >= 11 is 9.19. The maximum absolute atomic E-state index is 10.6. The molecule has 0 unspecified atom stereocenters. The van der Waals surface area contributed by atoms with Crippen molar-refractivity contribution >= 4 is 33.5 Å². The van der Waals surface area contributed by atoms with E-state index < -0.39 is 5.97 Å². The van der Waals surface area contributed by atoms with Gasteiger partial charge in [0.15, 0.2) is 5.15 Å². The summed E-state index contributed by atoms with van der Waals surface area (Å²) in [4.78, 5) is 17.6. The lowest BCUT2D eigenvalue weighted by Crippen LogP contribution is -2.00. The molecule has 2 N–H and O–H groups in total. The third kappa shape index (κ3) is 2.87. The van der Waals surface area contributed by atoms with Crippen molar-refractivity contribution in [1.82, 2.24) is 9.97 Å². The number of hydrogen-bond acceptors (Lipinski definition) is 2. The van der Waals surface area contributed by atoms with E-state index in [0.717, 1.165) is 10.0 Å². The van der Waals surface area contributed by atoms with Gasteiger partial charge in [-0.2, -0.15) is 0 Å². The molecule has 0 aliphatic heterocycles. The molecule has 0 fully saturated rings. The zero-order valence-corrected chi connectivity index (χ0v) is 10.9. The number of carboxylic acids is 1. The molecule has 17 heavy (non-hydrogen) atoms. The Labute approximate surface area is 111 Å². The second-order valence-electron chi connectivity index (χ2n) is 3.43. The number of halogens is 2. The van der Waals surface area contributed by atoms with E-state index in [4.69, 9.17) is 16.7 Å². The highest BCUT2D eigenvalue weighted by molar-refractivity contribution is 9.10. The Morgan fingerprint density at radius 3 is 2.65 bits per heavy atom. The van der Waals surface area contributed by atoms with Crippen LogP contribution in [0.2, 0.25) is 5.15 Å². The molecule has 2 rings (SSSR count). The molecule has 1 heterocycles. The molecule has 0 bridgehead atoms. The first-order valence-corrected chi connectivity index (χ1v) is 5.95. The largest absolute Gasteiger partial charge is 0.481 e. The lowest BCUT2D eigenvalue weighted by Gasteiger charge is -1.96. The Morgan fingerprint density at radius 1 is 1.41 bits per heavy atom. The third-order valence-electron chi connectivity index (χ3n) is 2.17. The summed E-state index contributed by atoms with van der Waals surface area (Å²) in [6.07, 6.45) is -0.164. The van der Waals surface area contributed by atoms with Crippen molar-refractivity contribution in [1.29, 1.82) is 0 Å². The summed E-state index contributed by atoms with van der Waals surface area (Å²) in [6, 6.07) is 7.48. The minimum atomic E-state index is -0.946. The highest BCUT2D eigenvalue weighted by atomic mass is 79.9. The molecular weight excluding hydrogens is 307 g/mol. The van der Waals surface area contributed by atoms with E-state index in [1.807, 2.05) is 24.3 Å². The van der Waals surface area contributed by atoms with E-state index in [0.29, 0.717) is 11.5 Å². The van der Waals surface area contributed by atoms with Gasteiger partial charge >= 0.3 is 5.97 Å². The Balaban J connectivity index is 2.34. The van der Waals surface area contributed by atoms with E-state index in [2.05, 4.69) is 25.9 Å². The van der Waals surface area contributed by atoms with Crippen LogP contribution in [0.15, 0.2) is 28.7 Å². The number of aromatic amines is 1. The van der Waals surface area contributed by atoms with Crippen LogP contribution in [0.4, 0.5) is 0 Å². The number of carbonyl (C=O) groups is 1. The number of hydrogen-bond donors (Lipinski definition) is 2. The van der Waals surface area contributed by atoms with Crippen LogP contribution in [0.5, 0.6) is 0 Å². The monoisotopic (exact) mass is 314 g/mol.